The van der Waals surface area contributed by atoms with Crippen LogP contribution in [0.4, 0.5) is 18.9 Å². The summed E-state index contributed by atoms with van der Waals surface area (Å²) in [6.45, 7) is 0.977. The van der Waals surface area contributed by atoms with Crippen molar-refractivity contribution in [1.29, 1.82) is 0 Å². The van der Waals surface area contributed by atoms with Crippen molar-refractivity contribution in [2.75, 3.05) is 11.9 Å². The molecule has 0 aliphatic rings. The van der Waals surface area contributed by atoms with Crippen LogP contribution in [0.3, 0.4) is 0 Å². The van der Waals surface area contributed by atoms with Gasteiger partial charge in [-0.15, -0.1) is 0 Å². The first kappa shape index (κ1) is 11.6. The molecule has 0 bridgehead atoms. The van der Waals surface area contributed by atoms with Crippen LogP contribution in [0.1, 0.15) is 6.92 Å². The lowest BCUT2D eigenvalue weighted by atomic mass is 10.4. The maximum atomic E-state index is 11.9. The summed E-state index contributed by atoms with van der Waals surface area (Å²) < 4.78 is 37.0. The fraction of sp³-hybridized carbons (Fsp3) is 0.444. The second kappa shape index (κ2) is 4.37. The molecule has 84 valence electrons. The van der Waals surface area contributed by atoms with Gasteiger partial charge in [0.15, 0.2) is 0 Å². The molecule has 0 aliphatic heterocycles. The number of nitrogens with one attached hydrogen (secondary N) is 1. The normalized spacial score (nSPS) is 11.5. The molecule has 0 amide bonds. The molecule has 3 nitrogen and oxygen atoms in total. The number of halogens is 3. The van der Waals surface area contributed by atoms with Crippen LogP contribution < -0.4 is 10.9 Å². The molecule has 0 radical (unpaired) electrons. The van der Waals surface area contributed by atoms with Crippen LogP contribution in [0, 0.1) is 0 Å². The van der Waals surface area contributed by atoms with Gasteiger partial charge in [-0.3, -0.25) is 4.79 Å². The summed E-state index contributed by atoms with van der Waals surface area (Å²) in [5.74, 6) is 0. The highest BCUT2D eigenvalue weighted by atomic mass is 19.4. The van der Waals surface area contributed by atoms with Crippen molar-refractivity contribution in [1.82, 2.24) is 4.57 Å². The van der Waals surface area contributed by atoms with Crippen molar-refractivity contribution < 1.29 is 13.2 Å². The zero-order valence-electron chi connectivity index (χ0n) is 8.14. The molecule has 6 heteroatoms. The summed E-state index contributed by atoms with van der Waals surface area (Å²) in [6.07, 6.45) is -2.79. The van der Waals surface area contributed by atoms with Crippen LogP contribution in [0.2, 0.25) is 0 Å². The Morgan fingerprint density at radius 3 is 2.67 bits per heavy atom. The molecule has 0 aliphatic carbocycles. The van der Waals surface area contributed by atoms with E-state index in [0.29, 0.717) is 6.54 Å². The number of nitrogens with zero attached hydrogens (tertiary/aromatic N) is 1. The van der Waals surface area contributed by atoms with E-state index in [1.165, 1.54) is 22.9 Å². The van der Waals surface area contributed by atoms with Gasteiger partial charge in [0.05, 0.1) is 0 Å². The molecular weight excluding hydrogens is 209 g/mol. The molecule has 0 saturated heterocycles. The van der Waals surface area contributed by atoms with Gasteiger partial charge in [0.1, 0.15) is 12.2 Å². The van der Waals surface area contributed by atoms with Gasteiger partial charge in [0.2, 0.25) is 0 Å². The van der Waals surface area contributed by atoms with Crippen LogP contribution in [0.25, 0.3) is 0 Å². The van der Waals surface area contributed by atoms with Crippen LogP contribution in [0.15, 0.2) is 23.1 Å². The van der Waals surface area contributed by atoms with Crippen molar-refractivity contribution in [3.63, 3.8) is 0 Å². The topological polar surface area (TPSA) is 34.0 Å². The van der Waals surface area contributed by atoms with Gasteiger partial charge < -0.3 is 9.88 Å². The molecule has 1 rings (SSSR count). The molecule has 15 heavy (non-hydrogen) atoms. The minimum absolute atomic E-state index is 0.0309. The smallest absolute Gasteiger partial charge is 0.372 e. The lowest BCUT2D eigenvalue weighted by Gasteiger charge is -2.10. The van der Waals surface area contributed by atoms with E-state index in [-0.39, 0.29) is 5.69 Å². The Kier molecular flexibility index (Phi) is 3.39. The van der Waals surface area contributed by atoms with E-state index in [1.807, 2.05) is 0 Å². The van der Waals surface area contributed by atoms with E-state index >= 15 is 0 Å². The Hall–Kier alpha value is -1.46. The average Bonchev–Trinajstić information content (AvgIpc) is 2.15. The van der Waals surface area contributed by atoms with E-state index in [0.717, 1.165) is 0 Å². The van der Waals surface area contributed by atoms with Gasteiger partial charge in [-0.2, -0.15) is 13.2 Å². The lowest BCUT2D eigenvalue weighted by molar-refractivity contribution is -0.115. The maximum absolute atomic E-state index is 11.9. The molecule has 0 aromatic carbocycles. The van der Waals surface area contributed by atoms with Crippen molar-refractivity contribution in [3.05, 3.63) is 28.7 Å². The minimum atomic E-state index is -4.32. The van der Waals surface area contributed by atoms with Gasteiger partial charge >= 0.3 is 6.18 Å². The molecule has 1 N–H and O–H groups in total. The van der Waals surface area contributed by atoms with Crippen molar-refractivity contribution >= 4 is 5.69 Å². The van der Waals surface area contributed by atoms with Gasteiger partial charge in [-0.25, -0.2) is 0 Å². The highest BCUT2D eigenvalue weighted by Crippen LogP contribution is 2.14. The zero-order valence-corrected chi connectivity index (χ0v) is 8.14. The summed E-state index contributed by atoms with van der Waals surface area (Å²) in [5.41, 5.74) is -0.471. The molecule has 0 saturated carbocycles. The largest absolute Gasteiger partial charge is 0.405 e. The number of hydrogen-bond donors (Lipinski definition) is 1. The van der Waals surface area contributed by atoms with Crippen molar-refractivity contribution in [3.8, 4) is 0 Å². The third kappa shape index (κ3) is 3.30. The van der Waals surface area contributed by atoms with E-state index < -0.39 is 18.3 Å². The Balaban J connectivity index is 2.83. The number of anilines is 1. The highest BCUT2D eigenvalue weighted by Gasteiger charge is 2.26. The second-order valence-corrected chi connectivity index (χ2v) is 2.98. The van der Waals surface area contributed by atoms with Gasteiger partial charge in [0, 0.05) is 12.7 Å². The van der Waals surface area contributed by atoms with Crippen LogP contribution in [-0.4, -0.2) is 17.3 Å². The zero-order chi connectivity index (χ0) is 11.5. The number of alkyl halides is 3. The van der Waals surface area contributed by atoms with E-state index in [9.17, 15) is 18.0 Å². The first-order valence-electron chi connectivity index (χ1n) is 4.44. The summed E-state index contributed by atoms with van der Waals surface area (Å²) in [5, 5.41) is 2.07. The summed E-state index contributed by atoms with van der Waals surface area (Å²) in [7, 11) is 0. The quantitative estimate of drug-likeness (QED) is 0.843. The predicted molar refractivity (Wildman–Crippen MR) is 50.9 cm³/mol. The monoisotopic (exact) mass is 220 g/mol. The first-order chi connectivity index (χ1) is 6.94. The Labute approximate surface area is 84.5 Å². The number of aromatic nitrogens is 1. The molecule has 1 aromatic heterocycles. The van der Waals surface area contributed by atoms with Crippen LogP contribution in [0.5, 0.6) is 0 Å². The van der Waals surface area contributed by atoms with Gasteiger partial charge in [-0.05, 0) is 19.1 Å². The van der Waals surface area contributed by atoms with Crippen LogP contribution >= 0.6 is 0 Å². The molecule has 0 unspecified atom stereocenters. The lowest BCUT2D eigenvalue weighted by Crippen LogP contribution is -2.27. The molecule has 1 heterocycles. The molecule has 0 atom stereocenters. The predicted octanol–water partition coefficient (Wildman–Crippen LogP) is 1.84. The van der Waals surface area contributed by atoms with Crippen molar-refractivity contribution in [2.45, 2.75) is 19.6 Å². The molecule has 0 fully saturated rings. The highest BCUT2D eigenvalue weighted by molar-refractivity contribution is 5.40. The average molecular weight is 220 g/mol. The maximum Gasteiger partial charge on any atom is 0.405 e. The number of aryl methyl sites for hydroxylation is 1. The first-order valence-corrected chi connectivity index (χ1v) is 4.44. The van der Waals surface area contributed by atoms with E-state index in [2.05, 4.69) is 5.32 Å². The Bertz CT molecular complexity index is 384. The van der Waals surface area contributed by atoms with E-state index in [4.69, 9.17) is 0 Å². The SMILES string of the molecule is CCn1cccc(NCC(F)(F)F)c1=O. The van der Waals surface area contributed by atoms with Crippen molar-refractivity contribution in [2.24, 2.45) is 0 Å². The summed E-state index contributed by atoms with van der Waals surface area (Å²) in [6, 6.07) is 2.86. The van der Waals surface area contributed by atoms with Crippen LogP contribution in [-0.2, 0) is 6.54 Å². The number of rotatable bonds is 3. The van der Waals surface area contributed by atoms with E-state index in [1.54, 1.807) is 6.92 Å². The Morgan fingerprint density at radius 1 is 1.47 bits per heavy atom. The van der Waals surface area contributed by atoms with Gasteiger partial charge in [-0.1, -0.05) is 0 Å². The number of pyridine rings is 1. The fourth-order valence-corrected chi connectivity index (χ4v) is 1.12. The van der Waals surface area contributed by atoms with Gasteiger partial charge in [0.25, 0.3) is 5.56 Å². The second-order valence-electron chi connectivity index (χ2n) is 2.98. The molecule has 1 aromatic rings. The third-order valence-corrected chi connectivity index (χ3v) is 1.84. The number of hydrogen-bond acceptors (Lipinski definition) is 2. The minimum Gasteiger partial charge on any atom is -0.372 e. The summed E-state index contributed by atoms with van der Waals surface area (Å²) >= 11 is 0. The fourth-order valence-electron chi connectivity index (χ4n) is 1.12. The standard InChI is InChI=1S/C9H11F3N2O/c1-2-14-5-3-4-7(8(14)15)13-6-9(10,11)12/h3-5,13H,2,6H2,1H3. The Morgan fingerprint density at radius 2 is 2.13 bits per heavy atom. The third-order valence-electron chi connectivity index (χ3n) is 1.84. The molecule has 0 spiro atoms. The summed E-state index contributed by atoms with van der Waals surface area (Å²) in [4.78, 5) is 11.4. The molecular formula is C9H11F3N2O.